The van der Waals surface area contributed by atoms with Gasteiger partial charge in [-0.05, 0) is 66.6 Å². The van der Waals surface area contributed by atoms with Crippen LogP contribution < -0.4 is 0 Å². The second kappa shape index (κ2) is 9.94. The van der Waals surface area contributed by atoms with Gasteiger partial charge in [-0.15, -0.1) is 0 Å². The zero-order valence-corrected chi connectivity index (χ0v) is 19.9. The minimum atomic E-state index is -2.99. The van der Waals surface area contributed by atoms with Crippen molar-refractivity contribution >= 4 is 5.97 Å². The molecule has 0 unspecified atom stereocenters. The van der Waals surface area contributed by atoms with E-state index < -0.39 is 17.7 Å². The largest absolute Gasteiger partial charge is 0.480 e. The van der Waals surface area contributed by atoms with Crippen LogP contribution in [0.25, 0.3) is 34.0 Å². The molecule has 0 saturated heterocycles. The van der Waals surface area contributed by atoms with Gasteiger partial charge in [0.25, 0.3) is 11.8 Å². The normalized spacial score (nSPS) is 11.8. The van der Waals surface area contributed by atoms with Gasteiger partial charge < -0.3 is 9.63 Å². The summed E-state index contributed by atoms with van der Waals surface area (Å²) in [6, 6.07) is 15.9. The third kappa shape index (κ3) is 5.63. The highest BCUT2D eigenvalue weighted by atomic mass is 19.3. The number of hydrogen-bond donors (Lipinski definition) is 1. The number of nitrogens with zero attached hydrogens (tertiary/aromatic N) is 3. The van der Waals surface area contributed by atoms with Crippen LogP contribution in [0.5, 0.6) is 0 Å². The fraction of sp³-hybridized carbons (Fsp3) is 0.222. The molecule has 9 heteroatoms. The highest BCUT2D eigenvalue weighted by Gasteiger charge is 2.28. The number of benzene rings is 3. The number of halogens is 3. The number of carboxylic acids is 1. The van der Waals surface area contributed by atoms with Gasteiger partial charge in [-0.25, -0.2) is 13.2 Å². The van der Waals surface area contributed by atoms with E-state index in [9.17, 15) is 18.0 Å². The summed E-state index contributed by atoms with van der Waals surface area (Å²) in [5.41, 5.74) is 3.34. The average Bonchev–Trinajstić information content (AvgIpc) is 3.28. The van der Waals surface area contributed by atoms with Gasteiger partial charge in [-0.1, -0.05) is 35.5 Å². The van der Waals surface area contributed by atoms with Gasteiger partial charge in [0.1, 0.15) is 5.82 Å². The number of likely N-dealkylation sites (N-methyl/N-ethyl adjacent to an activating group) is 1. The van der Waals surface area contributed by atoms with Crippen LogP contribution in [0.1, 0.15) is 23.6 Å². The lowest BCUT2D eigenvalue weighted by atomic mass is 9.92. The van der Waals surface area contributed by atoms with Crippen molar-refractivity contribution < 1.29 is 27.6 Å². The highest BCUT2D eigenvalue weighted by Crippen LogP contribution is 2.37. The summed E-state index contributed by atoms with van der Waals surface area (Å²) in [7, 11) is 1.62. The Bertz CT molecular complexity index is 1410. The SMILES string of the molecule is Cc1cc(-c2nc(-c3cc(F)cc(CN(C)CC(=O)O)c3)no2)ccc1-c1ccccc1C(C)(F)F. The van der Waals surface area contributed by atoms with Crippen molar-refractivity contribution in [3.63, 3.8) is 0 Å². The molecule has 0 fully saturated rings. The van der Waals surface area contributed by atoms with Crippen LogP contribution in [0.4, 0.5) is 13.2 Å². The number of aryl methyl sites for hydroxylation is 1. The molecule has 0 aliphatic rings. The van der Waals surface area contributed by atoms with E-state index in [1.54, 1.807) is 54.4 Å². The van der Waals surface area contributed by atoms with Gasteiger partial charge >= 0.3 is 5.97 Å². The molecule has 1 heterocycles. The summed E-state index contributed by atoms with van der Waals surface area (Å²) in [6.07, 6.45) is 0. The van der Waals surface area contributed by atoms with Crippen molar-refractivity contribution in [3.8, 4) is 34.0 Å². The molecule has 1 aromatic heterocycles. The molecule has 0 radical (unpaired) electrons. The van der Waals surface area contributed by atoms with E-state index in [1.165, 1.54) is 18.2 Å². The van der Waals surface area contributed by atoms with Gasteiger partial charge in [0.15, 0.2) is 0 Å². The number of aromatic nitrogens is 2. The Hall–Kier alpha value is -3.98. The molecular formula is C27H24F3N3O3. The molecule has 36 heavy (non-hydrogen) atoms. The number of alkyl halides is 2. The van der Waals surface area contributed by atoms with Crippen LogP contribution in [0.3, 0.4) is 0 Å². The lowest BCUT2D eigenvalue weighted by molar-refractivity contribution is -0.138. The summed E-state index contributed by atoms with van der Waals surface area (Å²) in [4.78, 5) is 16.8. The van der Waals surface area contributed by atoms with E-state index in [2.05, 4.69) is 10.1 Å². The molecule has 4 aromatic rings. The third-order valence-corrected chi connectivity index (χ3v) is 5.66. The van der Waals surface area contributed by atoms with Crippen molar-refractivity contribution in [3.05, 3.63) is 83.2 Å². The van der Waals surface area contributed by atoms with E-state index in [0.717, 1.165) is 12.5 Å². The van der Waals surface area contributed by atoms with Gasteiger partial charge in [0.2, 0.25) is 5.82 Å². The van der Waals surface area contributed by atoms with Crippen molar-refractivity contribution in [2.75, 3.05) is 13.6 Å². The molecule has 3 aromatic carbocycles. The summed E-state index contributed by atoms with van der Waals surface area (Å²) in [5, 5.41) is 12.9. The van der Waals surface area contributed by atoms with Gasteiger partial charge in [-0.3, -0.25) is 9.69 Å². The molecular weight excluding hydrogens is 471 g/mol. The van der Waals surface area contributed by atoms with Crippen LogP contribution in [0, 0.1) is 12.7 Å². The Kier molecular flexibility index (Phi) is 6.94. The maximum absolute atomic E-state index is 14.3. The van der Waals surface area contributed by atoms with E-state index >= 15 is 0 Å². The van der Waals surface area contributed by atoms with Gasteiger partial charge in [0, 0.05) is 30.2 Å². The third-order valence-electron chi connectivity index (χ3n) is 5.66. The first-order chi connectivity index (χ1) is 17.0. The van der Waals surface area contributed by atoms with Crippen molar-refractivity contribution in [2.45, 2.75) is 26.3 Å². The Labute approximate surface area is 206 Å². The summed E-state index contributed by atoms with van der Waals surface area (Å²) >= 11 is 0. The first-order valence-corrected chi connectivity index (χ1v) is 11.1. The first-order valence-electron chi connectivity index (χ1n) is 11.1. The van der Waals surface area contributed by atoms with Crippen molar-refractivity contribution in [1.82, 2.24) is 15.0 Å². The molecule has 0 aliphatic carbocycles. The van der Waals surface area contributed by atoms with Crippen LogP contribution in [0.2, 0.25) is 0 Å². The fourth-order valence-corrected chi connectivity index (χ4v) is 4.13. The fourth-order valence-electron chi connectivity index (χ4n) is 4.13. The topological polar surface area (TPSA) is 79.5 Å². The molecule has 0 spiro atoms. The molecule has 0 saturated carbocycles. The van der Waals surface area contributed by atoms with Crippen molar-refractivity contribution in [2.24, 2.45) is 0 Å². The monoisotopic (exact) mass is 495 g/mol. The molecule has 0 bridgehead atoms. The lowest BCUT2D eigenvalue weighted by Gasteiger charge is -2.17. The predicted octanol–water partition coefficient (Wildman–Crippen LogP) is 6.15. The summed E-state index contributed by atoms with van der Waals surface area (Å²) in [6.45, 7) is 2.72. The number of carboxylic acid groups (broad SMARTS) is 1. The molecule has 6 nitrogen and oxygen atoms in total. The lowest BCUT2D eigenvalue weighted by Crippen LogP contribution is -2.25. The van der Waals surface area contributed by atoms with E-state index in [4.69, 9.17) is 9.63 Å². The van der Waals surface area contributed by atoms with E-state index in [0.29, 0.717) is 27.8 Å². The van der Waals surface area contributed by atoms with Crippen LogP contribution in [0.15, 0.2) is 65.2 Å². The van der Waals surface area contributed by atoms with E-state index in [-0.39, 0.29) is 30.4 Å². The highest BCUT2D eigenvalue weighted by molar-refractivity contribution is 5.74. The molecule has 0 amide bonds. The van der Waals surface area contributed by atoms with Crippen molar-refractivity contribution in [1.29, 1.82) is 0 Å². The zero-order valence-electron chi connectivity index (χ0n) is 19.9. The zero-order chi connectivity index (χ0) is 26.0. The molecule has 0 atom stereocenters. The average molecular weight is 496 g/mol. The second-order valence-electron chi connectivity index (χ2n) is 8.80. The smallest absolute Gasteiger partial charge is 0.317 e. The molecule has 1 N–H and O–H groups in total. The Morgan fingerprint density at radius 3 is 2.50 bits per heavy atom. The minimum Gasteiger partial charge on any atom is -0.480 e. The number of rotatable bonds is 8. The quantitative estimate of drug-likeness (QED) is 0.316. The first kappa shape index (κ1) is 25.1. The van der Waals surface area contributed by atoms with Crippen LogP contribution >= 0.6 is 0 Å². The Morgan fingerprint density at radius 2 is 1.81 bits per heavy atom. The molecule has 0 aliphatic heterocycles. The maximum Gasteiger partial charge on any atom is 0.317 e. The number of aliphatic carboxylic acids is 1. The number of carbonyl (C=O) groups is 1. The number of hydrogen-bond acceptors (Lipinski definition) is 5. The minimum absolute atomic E-state index is 0.0585. The van der Waals surface area contributed by atoms with Crippen LogP contribution in [-0.2, 0) is 17.3 Å². The van der Waals surface area contributed by atoms with Crippen LogP contribution in [-0.4, -0.2) is 39.7 Å². The Morgan fingerprint density at radius 1 is 1.06 bits per heavy atom. The Balaban J connectivity index is 1.62. The molecule has 186 valence electrons. The van der Waals surface area contributed by atoms with Gasteiger partial charge in [0.05, 0.1) is 6.54 Å². The van der Waals surface area contributed by atoms with E-state index in [1.807, 2.05) is 6.92 Å². The predicted molar refractivity (Wildman–Crippen MR) is 129 cm³/mol. The van der Waals surface area contributed by atoms with Gasteiger partial charge in [-0.2, -0.15) is 4.98 Å². The summed E-state index contributed by atoms with van der Waals surface area (Å²) in [5.74, 6) is -4.11. The maximum atomic E-state index is 14.3. The molecule has 4 rings (SSSR count). The standard InChI is InChI=1S/C27H24F3N3O3/c1-16-10-18(8-9-21(16)22-6-4-5-7-23(22)27(2,29)30)26-31-25(32-36-26)19-11-17(12-20(28)13-19)14-33(3)15-24(34)35/h4-13H,14-15H2,1-3H3,(H,34,35). The second-order valence-corrected chi connectivity index (χ2v) is 8.80. The summed E-state index contributed by atoms with van der Waals surface area (Å²) < 4.78 is 47.9.